The minimum Gasteiger partial charge on any atom is -0.480 e. The molecule has 0 aromatic heterocycles. The standard InChI is InChI=1S/C8H16N2O4S/c1-10-3-2-7(5-10)4-9-15(13,14)6-8(11)12/h7,9H,2-6H2,1H3,(H,11,12). The first-order valence-corrected chi connectivity index (χ1v) is 6.42. The summed E-state index contributed by atoms with van der Waals surface area (Å²) in [5.74, 6) is -1.89. The molecule has 0 spiro atoms. The fourth-order valence-corrected chi connectivity index (χ4v) is 2.57. The van der Waals surface area contributed by atoms with Gasteiger partial charge in [0, 0.05) is 13.1 Å². The lowest BCUT2D eigenvalue weighted by Crippen LogP contribution is -2.34. The fourth-order valence-electron chi connectivity index (χ4n) is 1.65. The second-order valence-electron chi connectivity index (χ2n) is 3.92. The average molecular weight is 236 g/mol. The Morgan fingerprint density at radius 1 is 1.60 bits per heavy atom. The number of carbonyl (C=O) groups is 1. The molecule has 1 atom stereocenters. The summed E-state index contributed by atoms with van der Waals surface area (Å²) < 4.78 is 24.7. The first kappa shape index (κ1) is 12.4. The molecule has 0 aromatic rings. The number of hydrogen-bond acceptors (Lipinski definition) is 4. The maximum Gasteiger partial charge on any atom is 0.320 e. The van der Waals surface area contributed by atoms with E-state index in [0.717, 1.165) is 19.5 Å². The summed E-state index contributed by atoms with van der Waals surface area (Å²) in [6, 6.07) is 0. The number of nitrogens with one attached hydrogen (secondary N) is 1. The van der Waals surface area contributed by atoms with Gasteiger partial charge in [0.1, 0.15) is 0 Å². The van der Waals surface area contributed by atoms with Crippen molar-refractivity contribution in [3.05, 3.63) is 0 Å². The van der Waals surface area contributed by atoms with Gasteiger partial charge >= 0.3 is 5.97 Å². The van der Waals surface area contributed by atoms with Gasteiger partial charge in [-0.05, 0) is 25.9 Å². The number of hydrogen-bond donors (Lipinski definition) is 2. The van der Waals surface area contributed by atoms with Gasteiger partial charge in [-0.25, -0.2) is 13.1 Å². The normalized spacial score (nSPS) is 23.1. The van der Waals surface area contributed by atoms with Crippen molar-refractivity contribution in [1.82, 2.24) is 9.62 Å². The van der Waals surface area contributed by atoms with Gasteiger partial charge in [-0.3, -0.25) is 4.79 Å². The van der Waals surface area contributed by atoms with E-state index in [1.165, 1.54) is 0 Å². The van der Waals surface area contributed by atoms with Crippen LogP contribution in [0.15, 0.2) is 0 Å². The number of carboxylic acid groups (broad SMARTS) is 1. The van der Waals surface area contributed by atoms with Crippen molar-refractivity contribution in [2.75, 3.05) is 32.4 Å². The average Bonchev–Trinajstić information content (AvgIpc) is 2.46. The predicted molar refractivity (Wildman–Crippen MR) is 55.0 cm³/mol. The summed E-state index contributed by atoms with van der Waals surface area (Å²) in [5, 5.41) is 8.36. The highest BCUT2D eigenvalue weighted by Crippen LogP contribution is 2.13. The van der Waals surface area contributed by atoms with Crippen molar-refractivity contribution in [2.45, 2.75) is 6.42 Å². The third-order valence-electron chi connectivity index (χ3n) is 2.39. The fraction of sp³-hybridized carbons (Fsp3) is 0.875. The molecule has 0 bridgehead atoms. The molecule has 0 amide bonds. The second kappa shape index (κ2) is 4.91. The van der Waals surface area contributed by atoms with Crippen LogP contribution in [-0.4, -0.2) is 56.8 Å². The monoisotopic (exact) mass is 236 g/mol. The van der Waals surface area contributed by atoms with Crippen LogP contribution in [0, 0.1) is 5.92 Å². The number of carboxylic acids is 1. The van der Waals surface area contributed by atoms with Crippen molar-refractivity contribution in [3.8, 4) is 0 Å². The van der Waals surface area contributed by atoms with E-state index in [9.17, 15) is 13.2 Å². The molecule has 0 aliphatic carbocycles. The lowest BCUT2D eigenvalue weighted by atomic mass is 10.1. The van der Waals surface area contributed by atoms with Crippen molar-refractivity contribution >= 4 is 16.0 Å². The summed E-state index contributed by atoms with van der Waals surface area (Å²) in [7, 11) is -1.68. The van der Waals surface area contributed by atoms with Crippen LogP contribution in [0.4, 0.5) is 0 Å². The van der Waals surface area contributed by atoms with Crippen molar-refractivity contribution < 1.29 is 18.3 Å². The highest BCUT2D eigenvalue weighted by atomic mass is 32.2. The summed E-state index contributed by atoms with van der Waals surface area (Å²) in [5.41, 5.74) is 0. The largest absolute Gasteiger partial charge is 0.480 e. The molecular weight excluding hydrogens is 220 g/mol. The van der Waals surface area contributed by atoms with Gasteiger partial charge in [0.25, 0.3) is 0 Å². The molecule has 1 aliphatic heterocycles. The Bertz CT molecular complexity index is 328. The first-order valence-electron chi connectivity index (χ1n) is 4.77. The van der Waals surface area contributed by atoms with E-state index in [-0.39, 0.29) is 0 Å². The highest BCUT2D eigenvalue weighted by Gasteiger charge is 2.22. The van der Waals surface area contributed by atoms with Crippen molar-refractivity contribution in [1.29, 1.82) is 0 Å². The molecule has 1 heterocycles. The molecule has 15 heavy (non-hydrogen) atoms. The van der Waals surface area contributed by atoms with Gasteiger partial charge < -0.3 is 10.0 Å². The lowest BCUT2D eigenvalue weighted by molar-refractivity contribution is -0.134. The Morgan fingerprint density at radius 2 is 2.27 bits per heavy atom. The van der Waals surface area contributed by atoms with E-state index in [4.69, 9.17) is 5.11 Å². The van der Waals surface area contributed by atoms with Gasteiger partial charge in [0.15, 0.2) is 5.75 Å². The van der Waals surface area contributed by atoms with Crippen LogP contribution in [0.25, 0.3) is 0 Å². The van der Waals surface area contributed by atoms with Crippen LogP contribution >= 0.6 is 0 Å². The predicted octanol–water partition coefficient (Wildman–Crippen LogP) is -1.06. The molecule has 1 fully saturated rings. The Balaban J connectivity index is 2.33. The summed E-state index contributed by atoms with van der Waals surface area (Å²) in [6.45, 7) is 2.15. The van der Waals surface area contributed by atoms with E-state index in [2.05, 4.69) is 9.62 Å². The number of likely N-dealkylation sites (tertiary alicyclic amines) is 1. The molecule has 0 radical (unpaired) electrons. The zero-order chi connectivity index (χ0) is 11.5. The molecule has 1 unspecified atom stereocenters. The molecule has 2 N–H and O–H groups in total. The zero-order valence-electron chi connectivity index (χ0n) is 8.64. The van der Waals surface area contributed by atoms with E-state index >= 15 is 0 Å². The number of rotatable bonds is 5. The van der Waals surface area contributed by atoms with Gasteiger partial charge in [-0.2, -0.15) is 0 Å². The summed E-state index contributed by atoms with van der Waals surface area (Å²) >= 11 is 0. The lowest BCUT2D eigenvalue weighted by Gasteiger charge is -2.11. The van der Waals surface area contributed by atoms with Crippen molar-refractivity contribution in [2.24, 2.45) is 5.92 Å². The smallest absolute Gasteiger partial charge is 0.320 e. The Morgan fingerprint density at radius 3 is 2.73 bits per heavy atom. The third kappa shape index (κ3) is 4.59. The molecule has 7 heteroatoms. The quantitative estimate of drug-likeness (QED) is 0.635. The molecule has 1 saturated heterocycles. The molecule has 0 saturated carbocycles. The van der Waals surface area contributed by atoms with Gasteiger partial charge in [-0.1, -0.05) is 0 Å². The van der Waals surface area contributed by atoms with Crippen molar-refractivity contribution in [3.63, 3.8) is 0 Å². The van der Waals surface area contributed by atoms with Gasteiger partial charge in [0.2, 0.25) is 10.0 Å². The molecule has 6 nitrogen and oxygen atoms in total. The highest BCUT2D eigenvalue weighted by molar-refractivity contribution is 7.90. The zero-order valence-corrected chi connectivity index (χ0v) is 9.46. The Hall–Kier alpha value is -0.660. The first-order chi connectivity index (χ1) is 6.89. The van der Waals surface area contributed by atoms with E-state index in [0.29, 0.717) is 12.5 Å². The molecule has 0 aromatic carbocycles. The number of sulfonamides is 1. The molecule has 1 rings (SSSR count). The SMILES string of the molecule is CN1CCC(CNS(=O)(=O)CC(=O)O)C1. The minimum absolute atomic E-state index is 0.290. The third-order valence-corrected chi connectivity index (χ3v) is 3.63. The van der Waals surface area contributed by atoms with Crippen LogP contribution in [0.2, 0.25) is 0 Å². The Labute approximate surface area is 89.3 Å². The van der Waals surface area contributed by atoms with Crippen LogP contribution in [-0.2, 0) is 14.8 Å². The van der Waals surface area contributed by atoms with Crippen LogP contribution in [0.3, 0.4) is 0 Å². The molecule has 88 valence electrons. The summed E-state index contributed by atoms with van der Waals surface area (Å²) in [4.78, 5) is 12.4. The van der Waals surface area contributed by atoms with Gasteiger partial charge in [0.05, 0.1) is 0 Å². The van der Waals surface area contributed by atoms with Crippen LogP contribution in [0.5, 0.6) is 0 Å². The Kier molecular flexibility index (Phi) is 4.06. The summed E-state index contributed by atoms with van der Waals surface area (Å²) in [6.07, 6.45) is 0.950. The van der Waals surface area contributed by atoms with E-state index in [1.807, 2.05) is 7.05 Å². The van der Waals surface area contributed by atoms with Crippen LogP contribution < -0.4 is 4.72 Å². The van der Waals surface area contributed by atoms with Gasteiger partial charge in [-0.15, -0.1) is 0 Å². The molecular formula is C8H16N2O4S. The maximum absolute atomic E-state index is 11.2. The van der Waals surface area contributed by atoms with E-state index in [1.54, 1.807) is 0 Å². The molecule has 1 aliphatic rings. The number of nitrogens with zero attached hydrogens (tertiary/aromatic N) is 1. The second-order valence-corrected chi connectivity index (χ2v) is 5.73. The minimum atomic E-state index is -3.65. The maximum atomic E-state index is 11.2. The number of aliphatic carboxylic acids is 1. The topological polar surface area (TPSA) is 86.7 Å². The van der Waals surface area contributed by atoms with Crippen LogP contribution in [0.1, 0.15) is 6.42 Å². The van der Waals surface area contributed by atoms with E-state index < -0.39 is 21.7 Å².